The van der Waals surface area contributed by atoms with Crippen LogP contribution in [0.15, 0.2) is 48.5 Å². The summed E-state index contributed by atoms with van der Waals surface area (Å²) in [6, 6.07) is 14.6. The fourth-order valence-electron chi connectivity index (χ4n) is 2.30. The molecule has 0 radical (unpaired) electrons. The number of rotatable bonds is 5. The molecular weight excluding hydrogens is 292 g/mol. The zero-order valence-corrected chi connectivity index (χ0v) is 13.0. The Hall–Kier alpha value is -2.95. The summed E-state index contributed by atoms with van der Waals surface area (Å²) in [5, 5.41) is 17.5. The summed E-state index contributed by atoms with van der Waals surface area (Å²) in [6.07, 6.45) is 0. The summed E-state index contributed by atoms with van der Waals surface area (Å²) in [7, 11) is 0. The molecule has 0 fully saturated rings. The highest BCUT2D eigenvalue weighted by molar-refractivity contribution is 5.74. The third kappa shape index (κ3) is 3.13. The van der Waals surface area contributed by atoms with Crippen molar-refractivity contribution < 1.29 is 14.6 Å². The summed E-state index contributed by atoms with van der Waals surface area (Å²) in [6.45, 7) is 4.32. The first-order chi connectivity index (χ1) is 11.2. The lowest BCUT2D eigenvalue weighted by atomic mass is 10.1. The number of aromatic nitrogens is 2. The molecule has 0 aliphatic rings. The van der Waals surface area contributed by atoms with Gasteiger partial charge >= 0.3 is 0 Å². The van der Waals surface area contributed by atoms with E-state index in [2.05, 4.69) is 10.2 Å². The Kier molecular flexibility index (Phi) is 4.19. The van der Waals surface area contributed by atoms with Crippen LogP contribution >= 0.6 is 0 Å². The van der Waals surface area contributed by atoms with E-state index in [0.29, 0.717) is 35.1 Å². The maximum atomic E-state index is 10.3. The van der Waals surface area contributed by atoms with Crippen molar-refractivity contribution in [3.8, 4) is 34.3 Å². The monoisotopic (exact) mass is 310 g/mol. The van der Waals surface area contributed by atoms with Gasteiger partial charge in [-0.3, -0.25) is 5.10 Å². The van der Waals surface area contributed by atoms with Gasteiger partial charge in [-0.1, -0.05) is 18.2 Å². The second-order valence-corrected chi connectivity index (χ2v) is 5.05. The van der Waals surface area contributed by atoms with Gasteiger partial charge in [-0.05, 0) is 38.1 Å². The average Bonchev–Trinajstić information content (AvgIpc) is 2.90. The van der Waals surface area contributed by atoms with E-state index in [1.165, 1.54) is 0 Å². The number of aromatic hydroxyl groups is 1. The van der Waals surface area contributed by atoms with Crippen molar-refractivity contribution >= 4 is 0 Å². The number of hydrogen-bond acceptors (Lipinski definition) is 4. The molecule has 0 unspecified atom stereocenters. The van der Waals surface area contributed by atoms with Crippen LogP contribution in [0.1, 0.15) is 12.6 Å². The van der Waals surface area contributed by atoms with E-state index in [1.54, 1.807) is 18.2 Å². The van der Waals surface area contributed by atoms with Crippen LogP contribution in [0, 0.1) is 6.92 Å². The van der Waals surface area contributed by atoms with E-state index in [1.807, 2.05) is 44.2 Å². The minimum atomic E-state index is 0.0976. The van der Waals surface area contributed by atoms with Crippen LogP contribution in [0.25, 0.3) is 11.3 Å². The molecule has 118 valence electrons. The maximum absolute atomic E-state index is 10.3. The quantitative estimate of drug-likeness (QED) is 0.738. The number of para-hydroxylation sites is 1. The number of H-pyrrole nitrogens is 1. The van der Waals surface area contributed by atoms with E-state index in [0.717, 1.165) is 5.69 Å². The van der Waals surface area contributed by atoms with Gasteiger partial charge in [0, 0.05) is 11.6 Å². The normalized spacial score (nSPS) is 10.5. The van der Waals surface area contributed by atoms with Crippen LogP contribution in [0.5, 0.6) is 23.0 Å². The zero-order valence-electron chi connectivity index (χ0n) is 13.0. The second kappa shape index (κ2) is 6.44. The molecule has 0 atom stereocenters. The van der Waals surface area contributed by atoms with Gasteiger partial charge in [-0.2, -0.15) is 5.10 Å². The molecule has 0 bridgehead atoms. The number of nitrogens with zero attached hydrogens (tertiary/aromatic N) is 1. The summed E-state index contributed by atoms with van der Waals surface area (Å²) >= 11 is 0. The molecule has 5 nitrogen and oxygen atoms in total. The maximum Gasteiger partial charge on any atom is 0.176 e. The summed E-state index contributed by atoms with van der Waals surface area (Å²) in [4.78, 5) is 0. The van der Waals surface area contributed by atoms with E-state index in [-0.39, 0.29) is 5.75 Å². The highest BCUT2D eigenvalue weighted by Gasteiger charge is 2.18. The van der Waals surface area contributed by atoms with Crippen LogP contribution in [0.4, 0.5) is 0 Å². The highest BCUT2D eigenvalue weighted by atomic mass is 16.5. The summed E-state index contributed by atoms with van der Waals surface area (Å²) in [5.41, 5.74) is 1.94. The smallest absolute Gasteiger partial charge is 0.176 e. The number of phenols is 1. The predicted octanol–water partition coefficient (Wildman–Crippen LogP) is 4.28. The van der Waals surface area contributed by atoms with E-state index >= 15 is 0 Å². The van der Waals surface area contributed by atoms with Crippen molar-refractivity contribution in [1.82, 2.24) is 10.2 Å². The predicted molar refractivity (Wildman–Crippen MR) is 88.1 cm³/mol. The van der Waals surface area contributed by atoms with Gasteiger partial charge in [0.25, 0.3) is 0 Å². The fraction of sp³-hybridized carbons (Fsp3) is 0.167. The van der Waals surface area contributed by atoms with Gasteiger partial charge in [-0.15, -0.1) is 0 Å². The van der Waals surface area contributed by atoms with E-state index < -0.39 is 0 Å². The van der Waals surface area contributed by atoms with Gasteiger partial charge in [0.15, 0.2) is 5.75 Å². The minimum absolute atomic E-state index is 0.0976. The third-order valence-electron chi connectivity index (χ3n) is 3.39. The molecule has 1 heterocycles. The largest absolute Gasteiger partial charge is 0.507 e. The van der Waals surface area contributed by atoms with Crippen molar-refractivity contribution in [2.75, 3.05) is 6.61 Å². The van der Waals surface area contributed by atoms with E-state index in [9.17, 15) is 5.11 Å². The molecule has 5 heteroatoms. The molecule has 0 saturated carbocycles. The second-order valence-electron chi connectivity index (χ2n) is 5.05. The van der Waals surface area contributed by atoms with Crippen molar-refractivity contribution in [3.63, 3.8) is 0 Å². The molecule has 2 N–H and O–H groups in total. The summed E-state index contributed by atoms with van der Waals surface area (Å²) < 4.78 is 11.3. The number of nitrogens with one attached hydrogen (secondary N) is 1. The minimum Gasteiger partial charge on any atom is -0.507 e. The number of phenolic OH excluding ortho intramolecular Hbond substituents is 1. The molecule has 0 spiro atoms. The summed E-state index contributed by atoms with van der Waals surface area (Å²) in [5.74, 6) is 2.02. The molecule has 0 saturated heterocycles. The lowest BCUT2D eigenvalue weighted by Gasteiger charge is -2.09. The topological polar surface area (TPSA) is 67.4 Å². The zero-order chi connectivity index (χ0) is 16.2. The molecule has 0 aliphatic carbocycles. The molecule has 0 aliphatic heterocycles. The van der Waals surface area contributed by atoms with Crippen molar-refractivity contribution in [2.24, 2.45) is 0 Å². The molecule has 2 aromatic carbocycles. The number of hydrogen-bond donors (Lipinski definition) is 2. The van der Waals surface area contributed by atoms with Crippen LogP contribution in [-0.2, 0) is 0 Å². The molecule has 1 aromatic heterocycles. The van der Waals surface area contributed by atoms with Crippen molar-refractivity contribution in [1.29, 1.82) is 0 Å². The third-order valence-corrected chi connectivity index (χ3v) is 3.39. The van der Waals surface area contributed by atoms with Crippen LogP contribution < -0.4 is 9.47 Å². The first-order valence-corrected chi connectivity index (χ1v) is 7.43. The Balaban J connectivity index is 1.98. The van der Waals surface area contributed by atoms with Gasteiger partial charge < -0.3 is 14.6 Å². The molecule has 3 rings (SSSR count). The Morgan fingerprint density at radius 3 is 2.57 bits per heavy atom. The Morgan fingerprint density at radius 2 is 1.87 bits per heavy atom. The van der Waals surface area contributed by atoms with Gasteiger partial charge in [0.05, 0.1) is 12.3 Å². The van der Waals surface area contributed by atoms with E-state index in [4.69, 9.17) is 9.47 Å². The molecule has 23 heavy (non-hydrogen) atoms. The first kappa shape index (κ1) is 15.0. The molecule has 3 aromatic rings. The van der Waals surface area contributed by atoms with Crippen molar-refractivity contribution in [3.05, 3.63) is 54.2 Å². The molecular formula is C18H18N2O3. The van der Waals surface area contributed by atoms with Crippen molar-refractivity contribution in [2.45, 2.75) is 13.8 Å². The number of ether oxygens (including phenoxy) is 2. The van der Waals surface area contributed by atoms with Crippen LogP contribution in [0.3, 0.4) is 0 Å². The lowest BCUT2D eigenvalue weighted by molar-refractivity contribution is 0.338. The average molecular weight is 310 g/mol. The SMILES string of the molecule is CCOc1ccc(-c2n[nH]c(C)c2Oc2ccccc2)c(O)c1. The standard InChI is InChI=1S/C18H18N2O3/c1-3-22-14-9-10-15(16(21)11-14)17-18(12(2)19-20-17)23-13-7-5-4-6-8-13/h4-11,21H,3H2,1-2H3,(H,19,20). The number of aryl methyl sites for hydroxylation is 1. The van der Waals surface area contributed by atoms with Crippen LogP contribution in [0.2, 0.25) is 0 Å². The number of aromatic amines is 1. The van der Waals surface area contributed by atoms with Crippen LogP contribution in [-0.4, -0.2) is 21.9 Å². The fourth-order valence-corrected chi connectivity index (χ4v) is 2.30. The van der Waals surface area contributed by atoms with Gasteiger partial charge in [0.2, 0.25) is 0 Å². The molecule has 0 amide bonds. The van der Waals surface area contributed by atoms with Gasteiger partial charge in [0.1, 0.15) is 22.9 Å². The Bertz CT molecular complexity index is 797. The Labute approximate surface area is 134 Å². The van der Waals surface area contributed by atoms with Gasteiger partial charge in [-0.25, -0.2) is 0 Å². The highest BCUT2D eigenvalue weighted by Crippen LogP contribution is 2.39. The Morgan fingerprint density at radius 1 is 1.09 bits per heavy atom. The lowest BCUT2D eigenvalue weighted by Crippen LogP contribution is -1.92. The number of benzene rings is 2. The first-order valence-electron chi connectivity index (χ1n) is 7.43.